The van der Waals surface area contributed by atoms with Crippen LogP contribution in [-0.4, -0.2) is 32.3 Å². The average molecular weight is 381 g/mol. The zero-order valence-corrected chi connectivity index (χ0v) is 16.0. The Bertz CT molecular complexity index is 860. The van der Waals surface area contributed by atoms with E-state index >= 15 is 0 Å². The van der Waals surface area contributed by atoms with E-state index in [1.807, 2.05) is 20.8 Å². The Hall–Kier alpha value is -2.05. The van der Waals surface area contributed by atoms with Crippen molar-refractivity contribution >= 4 is 33.2 Å². The first-order valence-electron chi connectivity index (χ1n) is 7.96. The summed E-state index contributed by atoms with van der Waals surface area (Å²) in [6.07, 6.45) is 0. The summed E-state index contributed by atoms with van der Waals surface area (Å²) in [5.74, 6) is -0.118. The van der Waals surface area contributed by atoms with Crippen molar-refractivity contribution in [1.29, 1.82) is 0 Å². The smallest absolute Gasteiger partial charge is 0.261 e. The van der Waals surface area contributed by atoms with E-state index in [-0.39, 0.29) is 10.8 Å². The first kappa shape index (κ1) is 19.3. The Kier molecular flexibility index (Phi) is 6.08. The van der Waals surface area contributed by atoms with Crippen LogP contribution in [0.5, 0.6) is 0 Å². The van der Waals surface area contributed by atoms with E-state index in [2.05, 4.69) is 4.72 Å². The van der Waals surface area contributed by atoms with Gasteiger partial charge in [-0.2, -0.15) is 0 Å². The molecule has 0 heterocycles. The maximum atomic E-state index is 12.5. The van der Waals surface area contributed by atoms with Crippen molar-refractivity contribution in [1.82, 2.24) is 4.90 Å². The SMILES string of the molecule is CCN(CC)C(=O)c1ccc(S(=O)(=O)Nc2ccc(C)c(Cl)c2)cc1. The molecule has 2 aromatic rings. The molecule has 134 valence electrons. The highest BCUT2D eigenvalue weighted by Crippen LogP contribution is 2.23. The van der Waals surface area contributed by atoms with Gasteiger partial charge in [0.2, 0.25) is 0 Å². The fourth-order valence-electron chi connectivity index (χ4n) is 2.34. The second-order valence-corrected chi connectivity index (χ2v) is 7.66. The van der Waals surface area contributed by atoms with Crippen molar-refractivity contribution in [2.75, 3.05) is 17.8 Å². The zero-order valence-electron chi connectivity index (χ0n) is 14.4. The van der Waals surface area contributed by atoms with Crippen LogP contribution >= 0.6 is 11.6 Å². The van der Waals surface area contributed by atoms with Crippen molar-refractivity contribution in [3.05, 3.63) is 58.6 Å². The minimum Gasteiger partial charge on any atom is -0.339 e. The van der Waals surface area contributed by atoms with Gasteiger partial charge in [-0.1, -0.05) is 17.7 Å². The number of hydrogen-bond donors (Lipinski definition) is 1. The Balaban J connectivity index is 2.22. The molecule has 0 radical (unpaired) electrons. The monoisotopic (exact) mass is 380 g/mol. The number of carbonyl (C=O) groups is 1. The Morgan fingerprint density at radius 2 is 1.68 bits per heavy atom. The number of halogens is 1. The van der Waals surface area contributed by atoms with Crippen LogP contribution in [0.1, 0.15) is 29.8 Å². The number of amides is 1. The van der Waals surface area contributed by atoms with Crippen LogP contribution in [0.3, 0.4) is 0 Å². The summed E-state index contributed by atoms with van der Waals surface area (Å²) in [5.41, 5.74) is 1.71. The average Bonchev–Trinajstić information content (AvgIpc) is 2.59. The molecular formula is C18H21ClN2O3S. The van der Waals surface area contributed by atoms with Gasteiger partial charge in [0.05, 0.1) is 10.6 Å². The van der Waals surface area contributed by atoms with Gasteiger partial charge in [-0.05, 0) is 62.7 Å². The Morgan fingerprint density at radius 3 is 2.20 bits per heavy atom. The molecule has 5 nitrogen and oxygen atoms in total. The van der Waals surface area contributed by atoms with Gasteiger partial charge in [0.15, 0.2) is 0 Å². The van der Waals surface area contributed by atoms with Crippen LogP contribution in [-0.2, 0) is 10.0 Å². The third-order valence-electron chi connectivity index (χ3n) is 3.89. The van der Waals surface area contributed by atoms with Crippen LogP contribution in [0, 0.1) is 6.92 Å². The number of benzene rings is 2. The second kappa shape index (κ2) is 7.89. The topological polar surface area (TPSA) is 66.5 Å². The number of nitrogens with zero attached hydrogens (tertiary/aromatic N) is 1. The van der Waals surface area contributed by atoms with Crippen LogP contribution in [0.2, 0.25) is 5.02 Å². The van der Waals surface area contributed by atoms with Gasteiger partial charge in [0.1, 0.15) is 0 Å². The van der Waals surface area contributed by atoms with Crippen molar-refractivity contribution in [3.63, 3.8) is 0 Å². The molecule has 0 aromatic heterocycles. The number of rotatable bonds is 6. The molecule has 0 aliphatic heterocycles. The van der Waals surface area contributed by atoms with Gasteiger partial charge >= 0.3 is 0 Å². The molecule has 0 atom stereocenters. The fraction of sp³-hybridized carbons (Fsp3) is 0.278. The lowest BCUT2D eigenvalue weighted by molar-refractivity contribution is 0.0773. The van der Waals surface area contributed by atoms with E-state index in [0.29, 0.717) is 29.4 Å². The van der Waals surface area contributed by atoms with E-state index in [0.717, 1.165) is 5.56 Å². The number of anilines is 1. The molecular weight excluding hydrogens is 360 g/mol. The molecule has 25 heavy (non-hydrogen) atoms. The molecule has 2 rings (SSSR count). The molecule has 2 aromatic carbocycles. The van der Waals surface area contributed by atoms with Crippen LogP contribution in [0.25, 0.3) is 0 Å². The number of hydrogen-bond acceptors (Lipinski definition) is 3. The normalized spacial score (nSPS) is 11.2. The molecule has 0 saturated carbocycles. The predicted octanol–water partition coefficient (Wildman–Crippen LogP) is 3.93. The van der Waals surface area contributed by atoms with Crippen molar-refractivity contribution in [3.8, 4) is 0 Å². The summed E-state index contributed by atoms with van der Waals surface area (Å²) < 4.78 is 27.4. The Labute approximate surface area is 153 Å². The predicted molar refractivity (Wildman–Crippen MR) is 101 cm³/mol. The third kappa shape index (κ3) is 4.52. The van der Waals surface area contributed by atoms with Crippen LogP contribution in [0.15, 0.2) is 47.4 Å². The summed E-state index contributed by atoms with van der Waals surface area (Å²) in [5, 5.41) is 0.486. The molecule has 1 amide bonds. The van der Waals surface area contributed by atoms with Gasteiger partial charge in [-0.3, -0.25) is 9.52 Å². The highest BCUT2D eigenvalue weighted by atomic mass is 35.5. The number of carbonyl (C=O) groups excluding carboxylic acids is 1. The molecule has 0 unspecified atom stereocenters. The minimum atomic E-state index is -3.75. The lowest BCUT2D eigenvalue weighted by Crippen LogP contribution is -2.30. The zero-order chi connectivity index (χ0) is 18.6. The molecule has 7 heteroatoms. The molecule has 0 spiro atoms. The maximum Gasteiger partial charge on any atom is 0.261 e. The second-order valence-electron chi connectivity index (χ2n) is 5.57. The van der Waals surface area contributed by atoms with Crippen molar-refractivity contribution < 1.29 is 13.2 Å². The Morgan fingerprint density at radius 1 is 1.08 bits per heavy atom. The summed E-state index contributed by atoms with van der Waals surface area (Å²) in [6.45, 7) is 6.84. The van der Waals surface area contributed by atoms with Gasteiger partial charge in [0.25, 0.3) is 15.9 Å². The molecule has 0 aliphatic rings. The maximum absolute atomic E-state index is 12.5. The minimum absolute atomic E-state index is 0.0836. The molecule has 1 N–H and O–H groups in total. The van der Waals surface area contributed by atoms with Crippen molar-refractivity contribution in [2.45, 2.75) is 25.7 Å². The number of aryl methyl sites for hydroxylation is 1. The fourth-order valence-corrected chi connectivity index (χ4v) is 3.57. The number of sulfonamides is 1. The lowest BCUT2D eigenvalue weighted by Gasteiger charge is -2.18. The molecule has 0 saturated heterocycles. The van der Waals surface area contributed by atoms with E-state index in [1.165, 1.54) is 24.3 Å². The van der Waals surface area contributed by atoms with Gasteiger partial charge < -0.3 is 4.90 Å². The largest absolute Gasteiger partial charge is 0.339 e. The highest BCUT2D eigenvalue weighted by molar-refractivity contribution is 7.92. The highest BCUT2D eigenvalue weighted by Gasteiger charge is 2.17. The standard InChI is InChI=1S/C18H21ClN2O3S/c1-4-21(5-2)18(22)14-7-10-16(11-8-14)25(23,24)20-15-9-6-13(3)17(19)12-15/h6-12,20H,4-5H2,1-3H3. The van der Waals surface area contributed by atoms with Gasteiger partial charge in [0, 0.05) is 23.7 Å². The van der Waals surface area contributed by atoms with Gasteiger partial charge in [-0.25, -0.2) is 8.42 Å². The van der Waals surface area contributed by atoms with E-state index in [9.17, 15) is 13.2 Å². The van der Waals surface area contributed by atoms with Gasteiger partial charge in [-0.15, -0.1) is 0 Å². The lowest BCUT2D eigenvalue weighted by atomic mass is 10.2. The summed E-state index contributed by atoms with van der Waals surface area (Å²) in [7, 11) is -3.75. The molecule has 0 bridgehead atoms. The first-order valence-corrected chi connectivity index (χ1v) is 9.83. The van der Waals surface area contributed by atoms with E-state index in [4.69, 9.17) is 11.6 Å². The van der Waals surface area contributed by atoms with Crippen molar-refractivity contribution in [2.24, 2.45) is 0 Å². The van der Waals surface area contributed by atoms with Crippen LogP contribution in [0.4, 0.5) is 5.69 Å². The number of nitrogens with one attached hydrogen (secondary N) is 1. The first-order chi connectivity index (χ1) is 11.8. The van der Waals surface area contributed by atoms with E-state index in [1.54, 1.807) is 23.1 Å². The summed E-state index contributed by atoms with van der Waals surface area (Å²) in [6, 6.07) is 10.9. The van der Waals surface area contributed by atoms with E-state index < -0.39 is 10.0 Å². The summed E-state index contributed by atoms with van der Waals surface area (Å²) in [4.78, 5) is 14.0. The quantitative estimate of drug-likeness (QED) is 0.825. The summed E-state index contributed by atoms with van der Waals surface area (Å²) >= 11 is 6.02. The van der Waals surface area contributed by atoms with Crippen LogP contribution < -0.4 is 4.72 Å². The third-order valence-corrected chi connectivity index (χ3v) is 5.69. The molecule has 0 fully saturated rings. The molecule has 0 aliphatic carbocycles.